The Balaban J connectivity index is 1.36. The van der Waals surface area contributed by atoms with Crippen LogP contribution < -0.4 is 14.8 Å². The number of ether oxygens (including phenoxy) is 2. The van der Waals surface area contributed by atoms with Gasteiger partial charge in [0.15, 0.2) is 6.73 Å². The molecule has 2 aromatic carbocycles. The molecule has 0 spiro atoms. The quantitative estimate of drug-likeness (QED) is 0.450. The Morgan fingerprint density at radius 2 is 1.97 bits per heavy atom. The van der Waals surface area contributed by atoms with E-state index in [-0.39, 0.29) is 12.6 Å². The Kier molecular flexibility index (Phi) is 5.98. The second-order valence-corrected chi connectivity index (χ2v) is 6.89. The number of aryl methyl sites for hydroxylation is 1. The summed E-state index contributed by atoms with van der Waals surface area (Å²) >= 11 is 0. The zero-order valence-corrected chi connectivity index (χ0v) is 17.3. The maximum atomic E-state index is 12.6. The third kappa shape index (κ3) is 4.92. The minimum Gasteiger partial charge on any atom is -0.497 e. The highest BCUT2D eigenvalue weighted by atomic mass is 16.5. The molecule has 2 aromatic heterocycles. The molecule has 0 aliphatic rings. The summed E-state index contributed by atoms with van der Waals surface area (Å²) in [5, 5.41) is 14.0. The van der Waals surface area contributed by atoms with Crippen LogP contribution in [0.25, 0.3) is 11.3 Å². The number of rotatable bonds is 8. The maximum absolute atomic E-state index is 12.6. The summed E-state index contributed by atoms with van der Waals surface area (Å²) in [7, 11) is 1.61. The summed E-state index contributed by atoms with van der Waals surface area (Å²) in [4.78, 5) is 12.6. The van der Waals surface area contributed by atoms with Gasteiger partial charge in [0.1, 0.15) is 17.2 Å². The number of methoxy groups -OCH3 is 1. The maximum Gasteiger partial charge on any atom is 0.273 e. The Morgan fingerprint density at radius 3 is 2.74 bits per heavy atom. The van der Waals surface area contributed by atoms with E-state index >= 15 is 0 Å². The van der Waals surface area contributed by atoms with Crippen molar-refractivity contribution in [1.82, 2.24) is 20.0 Å². The monoisotopic (exact) mass is 417 g/mol. The van der Waals surface area contributed by atoms with Crippen LogP contribution in [-0.2, 0) is 13.2 Å². The molecule has 0 saturated carbocycles. The molecule has 0 atom stereocenters. The van der Waals surface area contributed by atoms with Gasteiger partial charge in [0.2, 0.25) is 0 Å². The zero-order chi connectivity index (χ0) is 21.6. The number of aromatic amines is 1. The molecule has 0 unspecified atom stereocenters. The van der Waals surface area contributed by atoms with Crippen LogP contribution in [0.4, 0.5) is 5.69 Å². The van der Waals surface area contributed by atoms with Gasteiger partial charge in [-0.3, -0.25) is 9.89 Å². The minimum atomic E-state index is -0.308. The zero-order valence-electron chi connectivity index (χ0n) is 17.3. The third-order valence-electron chi connectivity index (χ3n) is 4.77. The molecule has 4 aromatic rings. The van der Waals surface area contributed by atoms with E-state index in [4.69, 9.17) is 9.47 Å². The Hall–Kier alpha value is -4.07. The molecule has 0 aliphatic heterocycles. The number of nitrogens with zero attached hydrogens (tertiary/aromatic N) is 3. The number of nitrogens with one attached hydrogen (secondary N) is 2. The first-order valence-electron chi connectivity index (χ1n) is 9.90. The summed E-state index contributed by atoms with van der Waals surface area (Å²) in [6, 6.07) is 17.1. The largest absolute Gasteiger partial charge is 0.497 e. The predicted molar refractivity (Wildman–Crippen MR) is 117 cm³/mol. The number of anilines is 1. The smallest absolute Gasteiger partial charge is 0.273 e. The number of H-pyrrole nitrogens is 1. The molecular weight excluding hydrogens is 394 g/mol. The highest BCUT2D eigenvalue weighted by Crippen LogP contribution is 2.23. The van der Waals surface area contributed by atoms with Gasteiger partial charge in [-0.15, -0.1) is 0 Å². The van der Waals surface area contributed by atoms with Gasteiger partial charge in [0, 0.05) is 5.56 Å². The van der Waals surface area contributed by atoms with Crippen LogP contribution >= 0.6 is 0 Å². The van der Waals surface area contributed by atoms with E-state index in [0.717, 1.165) is 23.5 Å². The number of benzene rings is 2. The van der Waals surface area contributed by atoms with Crippen molar-refractivity contribution >= 4 is 11.6 Å². The highest BCUT2D eigenvalue weighted by Gasteiger charge is 2.13. The van der Waals surface area contributed by atoms with Crippen molar-refractivity contribution in [3.8, 4) is 22.8 Å². The lowest BCUT2D eigenvalue weighted by Crippen LogP contribution is -2.12. The third-order valence-corrected chi connectivity index (χ3v) is 4.77. The van der Waals surface area contributed by atoms with Crippen molar-refractivity contribution in [2.24, 2.45) is 0 Å². The molecule has 0 fully saturated rings. The molecule has 158 valence electrons. The number of amides is 1. The van der Waals surface area contributed by atoms with Crippen molar-refractivity contribution in [2.75, 3.05) is 12.4 Å². The van der Waals surface area contributed by atoms with E-state index in [0.29, 0.717) is 17.1 Å². The minimum absolute atomic E-state index is 0.241. The first-order chi connectivity index (χ1) is 15.1. The van der Waals surface area contributed by atoms with Gasteiger partial charge in [0.05, 0.1) is 30.9 Å². The molecule has 2 heterocycles. The van der Waals surface area contributed by atoms with E-state index in [9.17, 15) is 4.79 Å². The molecule has 8 heteroatoms. The van der Waals surface area contributed by atoms with Crippen molar-refractivity contribution in [1.29, 1.82) is 0 Å². The standard InChI is InChI=1S/C23H23N5O3/c1-3-16-7-9-19(10-8-16)31-15-28-14-18(13-24-28)25-23(29)22-12-21(26-27-22)17-5-4-6-20(11-17)30-2/h4-14H,3,15H2,1-2H3,(H,25,29)(H,26,27). The van der Waals surface area contributed by atoms with Gasteiger partial charge < -0.3 is 14.8 Å². The molecule has 1 amide bonds. The van der Waals surface area contributed by atoms with Crippen LogP contribution in [0.2, 0.25) is 0 Å². The van der Waals surface area contributed by atoms with Gasteiger partial charge in [0.25, 0.3) is 5.91 Å². The fraction of sp³-hybridized carbons (Fsp3) is 0.174. The molecule has 2 N–H and O–H groups in total. The van der Waals surface area contributed by atoms with Gasteiger partial charge in [-0.25, -0.2) is 4.68 Å². The van der Waals surface area contributed by atoms with Gasteiger partial charge in [-0.1, -0.05) is 31.2 Å². The Morgan fingerprint density at radius 1 is 1.13 bits per heavy atom. The van der Waals surface area contributed by atoms with E-state index in [1.807, 2.05) is 48.5 Å². The van der Waals surface area contributed by atoms with Crippen molar-refractivity contribution in [2.45, 2.75) is 20.1 Å². The fourth-order valence-electron chi connectivity index (χ4n) is 3.03. The van der Waals surface area contributed by atoms with Crippen LogP contribution in [-0.4, -0.2) is 33.0 Å². The van der Waals surface area contributed by atoms with E-state index in [1.54, 1.807) is 30.3 Å². The molecule has 0 radical (unpaired) electrons. The van der Waals surface area contributed by atoms with Crippen LogP contribution in [0.3, 0.4) is 0 Å². The second kappa shape index (κ2) is 9.17. The summed E-state index contributed by atoms with van der Waals surface area (Å²) in [6.45, 7) is 2.35. The Bertz CT molecular complexity index is 1160. The summed E-state index contributed by atoms with van der Waals surface area (Å²) in [5.74, 6) is 1.18. The lowest BCUT2D eigenvalue weighted by molar-refractivity contribution is 0.102. The number of carbonyl (C=O) groups is 1. The topological polar surface area (TPSA) is 94.1 Å². The SMILES string of the molecule is CCc1ccc(OCn2cc(NC(=O)c3cc(-c4cccc(OC)c4)n[nH]3)cn2)cc1. The lowest BCUT2D eigenvalue weighted by Gasteiger charge is -2.06. The van der Waals surface area contributed by atoms with Gasteiger partial charge in [-0.2, -0.15) is 10.2 Å². The summed E-state index contributed by atoms with van der Waals surface area (Å²) in [5.41, 5.74) is 3.67. The van der Waals surface area contributed by atoms with E-state index in [1.165, 1.54) is 5.56 Å². The highest BCUT2D eigenvalue weighted by molar-refractivity contribution is 6.03. The first-order valence-corrected chi connectivity index (χ1v) is 9.90. The summed E-state index contributed by atoms with van der Waals surface area (Å²) < 4.78 is 12.6. The van der Waals surface area contributed by atoms with Crippen LogP contribution in [0, 0.1) is 0 Å². The van der Waals surface area contributed by atoms with Gasteiger partial charge >= 0.3 is 0 Å². The van der Waals surface area contributed by atoms with Crippen LogP contribution in [0.1, 0.15) is 23.0 Å². The van der Waals surface area contributed by atoms with Crippen molar-refractivity contribution in [3.63, 3.8) is 0 Å². The molecule has 31 heavy (non-hydrogen) atoms. The Labute approximate surface area is 179 Å². The van der Waals surface area contributed by atoms with Crippen molar-refractivity contribution < 1.29 is 14.3 Å². The molecule has 0 saturated heterocycles. The average Bonchev–Trinajstić information content (AvgIpc) is 3.48. The molecular formula is C23H23N5O3. The number of aromatic nitrogens is 4. The fourth-order valence-corrected chi connectivity index (χ4v) is 3.03. The predicted octanol–water partition coefficient (Wildman–Crippen LogP) is 4.13. The average molecular weight is 417 g/mol. The summed E-state index contributed by atoms with van der Waals surface area (Å²) in [6.07, 6.45) is 4.26. The van der Waals surface area contributed by atoms with Crippen molar-refractivity contribution in [3.05, 3.63) is 78.2 Å². The van der Waals surface area contributed by atoms with Crippen LogP contribution in [0.15, 0.2) is 67.0 Å². The normalized spacial score (nSPS) is 10.6. The van der Waals surface area contributed by atoms with E-state index < -0.39 is 0 Å². The second-order valence-electron chi connectivity index (χ2n) is 6.89. The molecule has 0 aliphatic carbocycles. The van der Waals surface area contributed by atoms with E-state index in [2.05, 4.69) is 27.5 Å². The molecule has 8 nitrogen and oxygen atoms in total. The lowest BCUT2D eigenvalue weighted by atomic mass is 10.1. The molecule has 0 bridgehead atoms. The number of hydrogen-bond donors (Lipinski definition) is 2. The number of hydrogen-bond acceptors (Lipinski definition) is 5. The van der Waals surface area contributed by atoms with Gasteiger partial charge in [-0.05, 0) is 42.3 Å². The number of carbonyl (C=O) groups excluding carboxylic acids is 1. The first kappa shape index (κ1) is 20.2. The molecule has 4 rings (SSSR count). The van der Waals surface area contributed by atoms with Crippen LogP contribution in [0.5, 0.6) is 11.5 Å².